The number of aliphatic carboxylic acids is 1. The summed E-state index contributed by atoms with van der Waals surface area (Å²) in [6.45, 7) is 0.0955. The molecule has 3 amide bonds. The smallest absolute Gasteiger partial charge is 0.328 e. The number of imide groups is 1. The zero-order valence-corrected chi connectivity index (χ0v) is 9.45. The van der Waals surface area contributed by atoms with Crippen molar-refractivity contribution < 1.29 is 19.5 Å². The summed E-state index contributed by atoms with van der Waals surface area (Å²) < 4.78 is 1.60. The largest absolute Gasteiger partial charge is 0.478 e. The molecule has 0 unspecified atom stereocenters. The van der Waals surface area contributed by atoms with Crippen LogP contribution in [-0.2, 0) is 23.2 Å². The molecule has 1 aromatic heterocycles. The summed E-state index contributed by atoms with van der Waals surface area (Å²) in [6, 6.07) is -0.752. The first kappa shape index (κ1) is 13.4. The van der Waals surface area contributed by atoms with E-state index in [4.69, 9.17) is 5.11 Å². The van der Waals surface area contributed by atoms with Crippen LogP contribution in [0.15, 0.2) is 18.5 Å². The number of nitrogens with one attached hydrogen (secondary N) is 2. The van der Waals surface area contributed by atoms with E-state index in [1.165, 1.54) is 6.33 Å². The Balaban J connectivity index is 2.36. The molecule has 1 aromatic rings. The summed E-state index contributed by atoms with van der Waals surface area (Å²) in [5.41, 5.74) is 0. The Morgan fingerprint density at radius 2 is 2.17 bits per heavy atom. The number of aryl methyl sites for hydroxylation is 1. The van der Waals surface area contributed by atoms with E-state index in [0.29, 0.717) is 11.9 Å². The van der Waals surface area contributed by atoms with Crippen LogP contribution in [0.1, 0.15) is 5.82 Å². The van der Waals surface area contributed by atoms with Crippen molar-refractivity contribution in [3.8, 4) is 0 Å². The highest BCUT2D eigenvalue weighted by Gasteiger charge is 2.06. The van der Waals surface area contributed by atoms with Gasteiger partial charge in [-0.3, -0.25) is 10.1 Å². The molecule has 0 spiro atoms. The van der Waals surface area contributed by atoms with Gasteiger partial charge in [0.1, 0.15) is 6.33 Å². The van der Waals surface area contributed by atoms with Gasteiger partial charge in [-0.15, -0.1) is 10.2 Å². The summed E-state index contributed by atoms with van der Waals surface area (Å²) in [5, 5.41) is 19.9. The monoisotopic (exact) mass is 253 g/mol. The fourth-order valence-electron chi connectivity index (χ4n) is 0.971. The lowest BCUT2D eigenvalue weighted by Crippen LogP contribution is -2.38. The molecule has 0 aliphatic carbocycles. The van der Waals surface area contributed by atoms with Crippen molar-refractivity contribution in [1.29, 1.82) is 0 Å². The number of carboxylic acid groups (broad SMARTS) is 1. The highest BCUT2D eigenvalue weighted by molar-refractivity contribution is 6.02. The molecule has 18 heavy (non-hydrogen) atoms. The van der Waals surface area contributed by atoms with Gasteiger partial charge in [-0.25, -0.2) is 9.59 Å². The van der Waals surface area contributed by atoms with Crippen molar-refractivity contribution in [2.24, 2.45) is 7.05 Å². The Hall–Kier alpha value is -2.71. The molecular formula is C9H11N5O4. The summed E-state index contributed by atoms with van der Waals surface area (Å²) in [7, 11) is 1.70. The van der Waals surface area contributed by atoms with Crippen LogP contribution in [0.25, 0.3) is 0 Å². The van der Waals surface area contributed by atoms with Crippen LogP contribution in [0.3, 0.4) is 0 Å². The van der Waals surface area contributed by atoms with E-state index in [-0.39, 0.29) is 6.54 Å². The number of carbonyl (C=O) groups is 3. The Labute approximate surface area is 102 Å². The number of carbonyl (C=O) groups excluding carboxylic acids is 2. The minimum absolute atomic E-state index is 0.0955. The van der Waals surface area contributed by atoms with E-state index < -0.39 is 17.9 Å². The van der Waals surface area contributed by atoms with E-state index in [2.05, 4.69) is 15.5 Å². The lowest BCUT2D eigenvalue weighted by atomic mass is 10.4. The molecule has 0 aliphatic heterocycles. The van der Waals surface area contributed by atoms with E-state index in [1.807, 2.05) is 5.32 Å². The van der Waals surface area contributed by atoms with Crippen molar-refractivity contribution in [2.75, 3.05) is 0 Å². The van der Waals surface area contributed by atoms with E-state index >= 15 is 0 Å². The molecule has 0 atom stereocenters. The zero-order chi connectivity index (χ0) is 13.5. The van der Waals surface area contributed by atoms with Crippen molar-refractivity contribution in [3.63, 3.8) is 0 Å². The SMILES string of the molecule is Cn1cnnc1CNC(=O)NC(=O)C=CC(=O)O. The van der Waals surface area contributed by atoms with Crippen LogP contribution in [0.4, 0.5) is 4.79 Å². The van der Waals surface area contributed by atoms with Gasteiger partial charge in [0.15, 0.2) is 5.82 Å². The maximum absolute atomic E-state index is 11.2. The third kappa shape index (κ3) is 4.43. The summed E-state index contributed by atoms with van der Waals surface area (Å²) in [5.74, 6) is -1.59. The predicted molar refractivity (Wildman–Crippen MR) is 58.2 cm³/mol. The maximum atomic E-state index is 11.2. The summed E-state index contributed by atoms with van der Waals surface area (Å²) in [4.78, 5) is 32.4. The molecule has 9 heteroatoms. The Kier molecular flexibility index (Phi) is 4.55. The number of urea groups is 1. The summed E-state index contributed by atoms with van der Waals surface area (Å²) in [6.07, 6.45) is 2.84. The van der Waals surface area contributed by atoms with E-state index in [1.54, 1.807) is 11.6 Å². The zero-order valence-electron chi connectivity index (χ0n) is 9.45. The lowest BCUT2D eigenvalue weighted by molar-refractivity contribution is -0.131. The third-order valence-corrected chi connectivity index (χ3v) is 1.83. The van der Waals surface area contributed by atoms with Crippen LogP contribution < -0.4 is 10.6 Å². The molecule has 0 aromatic carbocycles. The van der Waals surface area contributed by atoms with Crippen LogP contribution in [-0.4, -0.2) is 37.8 Å². The Morgan fingerprint density at radius 3 is 2.72 bits per heavy atom. The van der Waals surface area contributed by atoms with Crippen LogP contribution in [0.5, 0.6) is 0 Å². The number of aromatic nitrogens is 3. The first-order valence-electron chi connectivity index (χ1n) is 4.81. The van der Waals surface area contributed by atoms with Crippen molar-refractivity contribution in [2.45, 2.75) is 6.54 Å². The highest BCUT2D eigenvalue weighted by Crippen LogP contribution is 1.89. The molecule has 0 saturated carbocycles. The number of carboxylic acids is 1. The molecule has 0 saturated heterocycles. The second-order valence-corrected chi connectivity index (χ2v) is 3.20. The molecule has 1 rings (SSSR count). The number of nitrogens with zero attached hydrogens (tertiary/aromatic N) is 3. The normalized spacial score (nSPS) is 10.3. The Morgan fingerprint density at radius 1 is 1.44 bits per heavy atom. The van der Waals surface area contributed by atoms with Crippen molar-refractivity contribution in [1.82, 2.24) is 25.4 Å². The lowest BCUT2D eigenvalue weighted by Gasteiger charge is -2.04. The second-order valence-electron chi connectivity index (χ2n) is 3.20. The van der Waals surface area contributed by atoms with Gasteiger partial charge in [0.2, 0.25) is 0 Å². The number of rotatable bonds is 4. The predicted octanol–water partition coefficient (Wildman–Crippen LogP) is -1.22. The van der Waals surface area contributed by atoms with Crippen molar-refractivity contribution >= 4 is 17.9 Å². The van der Waals surface area contributed by atoms with Gasteiger partial charge in [0, 0.05) is 19.2 Å². The maximum Gasteiger partial charge on any atom is 0.328 e. The van der Waals surface area contributed by atoms with Gasteiger partial charge in [-0.05, 0) is 0 Å². The topological polar surface area (TPSA) is 126 Å². The molecule has 3 N–H and O–H groups in total. The fraction of sp³-hybridized carbons (Fsp3) is 0.222. The third-order valence-electron chi connectivity index (χ3n) is 1.83. The number of hydrogen-bond donors (Lipinski definition) is 3. The second kappa shape index (κ2) is 6.13. The average molecular weight is 253 g/mol. The van der Waals surface area contributed by atoms with Crippen LogP contribution in [0.2, 0.25) is 0 Å². The van der Waals surface area contributed by atoms with Crippen molar-refractivity contribution in [3.05, 3.63) is 24.3 Å². The first-order valence-corrected chi connectivity index (χ1v) is 4.81. The van der Waals surface area contributed by atoms with Crippen LogP contribution >= 0.6 is 0 Å². The van der Waals surface area contributed by atoms with Gasteiger partial charge in [0.25, 0.3) is 5.91 Å². The molecule has 96 valence electrons. The van der Waals surface area contributed by atoms with Gasteiger partial charge in [-0.1, -0.05) is 0 Å². The average Bonchev–Trinajstić information content (AvgIpc) is 2.69. The summed E-state index contributed by atoms with van der Waals surface area (Å²) >= 11 is 0. The number of amides is 3. The van der Waals surface area contributed by atoms with Crippen LogP contribution in [0, 0.1) is 0 Å². The minimum atomic E-state index is -1.27. The molecule has 0 radical (unpaired) electrons. The molecule has 0 fully saturated rings. The molecule has 1 heterocycles. The first-order chi connectivity index (χ1) is 8.49. The standard InChI is InChI=1S/C9H11N5O4/c1-14-5-11-13-6(14)4-10-9(18)12-7(15)2-3-8(16)17/h2-3,5H,4H2,1H3,(H,16,17)(H2,10,12,15,18). The molecule has 9 nitrogen and oxygen atoms in total. The Bertz CT molecular complexity index is 493. The van der Waals surface area contributed by atoms with E-state index in [9.17, 15) is 14.4 Å². The molecule has 0 aliphatic rings. The fourth-order valence-corrected chi connectivity index (χ4v) is 0.971. The van der Waals surface area contributed by atoms with Gasteiger partial charge in [-0.2, -0.15) is 0 Å². The van der Waals surface area contributed by atoms with Gasteiger partial charge < -0.3 is 15.0 Å². The van der Waals surface area contributed by atoms with E-state index in [0.717, 1.165) is 6.08 Å². The molecule has 0 bridgehead atoms. The minimum Gasteiger partial charge on any atom is -0.478 e. The molecular weight excluding hydrogens is 242 g/mol. The highest BCUT2D eigenvalue weighted by atomic mass is 16.4. The van der Waals surface area contributed by atoms with Gasteiger partial charge >= 0.3 is 12.0 Å². The number of hydrogen-bond acceptors (Lipinski definition) is 5. The quantitative estimate of drug-likeness (QED) is 0.577. The van der Waals surface area contributed by atoms with Gasteiger partial charge in [0.05, 0.1) is 6.54 Å².